The Hall–Kier alpha value is -0.530. The maximum atomic E-state index is 5.95. The van der Waals surface area contributed by atoms with Gasteiger partial charge in [0.15, 0.2) is 0 Å². The van der Waals surface area contributed by atoms with Crippen LogP contribution in [0.25, 0.3) is 0 Å². The van der Waals surface area contributed by atoms with Crippen molar-refractivity contribution in [3.63, 3.8) is 0 Å². The third-order valence-corrected chi connectivity index (χ3v) is 3.82. The van der Waals surface area contributed by atoms with Crippen molar-refractivity contribution >= 4 is 11.6 Å². The van der Waals surface area contributed by atoms with Crippen molar-refractivity contribution in [3.05, 3.63) is 34.9 Å². The van der Waals surface area contributed by atoms with E-state index in [1.165, 1.54) is 31.2 Å². The SMILES string of the molecule is CC1(CNCc2cccc(Cl)c2)CCCC1. The summed E-state index contributed by atoms with van der Waals surface area (Å²) < 4.78 is 0. The number of halogens is 1. The first-order valence-corrected chi connectivity index (χ1v) is 6.51. The second kappa shape index (κ2) is 5.20. The Bertz CT molecular complexity index is 342. The van der Waals surface area contributed by atoms with E-state index in [-0.39, 0.29) is 0 Å². The molecule has 0 spiro atoms. The molecule has 0 aromatic heterocycles. The average molecular weight is 238 g/mol. The summed E-state index contributed by atoms with van der Waals surface area (Å²) in [4.78, 5) is 0. The topological polar surface area (TPSA) is 12.0 Å². The summed E-state index contributed by atoms with van der Waals surface area (Å²) >= 11 is 5.95. The number of hydrogen-bond donors (Lipinski definition) is 1. The molecule has 0 radical (unpaired) electrons. The van der Waals surface area contributed by atoms with Crippen molar-refractivity contribution in [2.45, 2.75) is 39.2 Å². The van der Waals surface area contributed by atoms with Gasteiger partial charge >= 0.3 is 0 Å². The number of rotatable bonds is 4. The highest BCUT2D eigenvalue weighted by Gasteiger charge is 2.27. The highest BCUT2D eigenvalue weighted by atomic mass is 35.5. The molecule has 1 aliphatic rings. The largest absolute Gasteiger partial charge is 0.312 e. The summed E-state index contributed by atoms with van der Waals surface area (Å²) in [5.74, 6) is 0. The van der Waals surface area contributed by atoms with E-state index in [2.05, 4.69) is 18.3 Å². The lowest BCUT2D eigenvalue weighted by Gasteiger charge is -2.23. The first kappa shape index (κ1) is 11.9. The zero-order valence-corrected chi connectivity index (χ0v) is 10.7. The Kier molecular flexibility index (Phi) is 3.88. The van der Waals surface area contributed by atoms with Gasteiger partial charge in [-0.1, -0.05) is 43.5 Å². The Balaban J connectivity index is 1.79. The van der Waals surface area contributed by atoms with Gasteiger partial charge in [-0.25, -0.2) is 0 Å². The van der Waals surface area contributed by atoms with Gasteiger partial charge < -0.3 is 5.32 Å². The minimum Gasteiger partial charge on any atom is -0.312 e. The zero-order chi connectivity index (χ0) is 11.4. The smallest absolute Gasteiger partial charge is 0.0409 e. The third-order valence-electron chi connectivity index (χ3n) is 3.58. The van der Waals surface area contributed by atoms with E-state index in [0.29, 0.717) is 5.41 Å². The lowest BCUT2D eigenvalue weighted by atomic mass is 9.89. The minimum absolute atomic E-state index is 0.526. The van der Waals surface area contributed by atoms with Crippen molar-refractivity contribution in [1.29, 1.82) is 0 Å². The fourth-order valence-corrected chi connectivity index (χ4v) is 2.77. The van der Waals surface area contributed by atoms with Gasteiger partial charge in [0.1, 0.15) is 0 Å². The summed E-state index contributed by atoms with van der Waals surface area (Å²) in [6, 6.07) is 8.08. The second-order valence-corrected chi connectivity index (χ2v) is 5.69. The molecule has 1 N–H and O–H groups in total. The van der Waals surface area contributed by atoms with E-state index >= 15 is 0 Å². The zero-order valence-electron chi connectivity index (χ0n) is 9.93. The number of hydrogen-bond acceptors (Lipinski definition) is 1. The Labute approximate surface area is 103 Å². The highest BCUT2D eigenvalue weighted by molar-refractivity contribution is 6.30. The maximum Gasteiger partial charge on any atom is 0.0409 e. The second-order valence-electron chi connectivity index (χ2n) is 5.25. The van der Waals surface area contributed by atoms with Crippen LogP contribution in [0.5, 0.6) is 0 Å². The lowest BCUT2D eigenvalue weighted by molar-refractivity contribution is 0.314. The molecule has 0 unspecified atom stereocenters. The minimum atomic E-state index is 0.526. The molecular formula is C14H20ClN. The molecule has 0 bridgehead atoms. The predicted molar refractivity (Wildman–Crippen MR) is 69.7 cm³/mol. The van der Waals surface area contributed by atoms with Gasteiger partial charge in [-0.2, -0.15) is 0 Å². The standard InChI is InChI=1S/C14H20ClN/c1-14(7-2-3-8-14)11-16-10-12-5-4-6-13(15)9-12/h4-6,9,16H,2-3,7-8,10-11H2,1H3. The summed E-state index contributed by atoms with van der Waals surface area (Å²) in [6.45, 7) is 4.45. The maximum absolute atomic E-state index is 5.95. The fourth-order valence-electron chi connectivity index (χ4n) is 2.56. The normalized spacial score (nSPS) is 18.9. The predicted octanol–water partition coefficient (Wildman–Crippen LogP) is 4.01. The van der Waals surface area contributed by atoms with Crippen molar-refractivity contribution in [1.82, 2.24) is 5.32 Å². The van der Waals surface area contributed by atoms with Crippen LogP contribution in [0.4, 0.5) is 0 Å². The molecule has 0 atom stereocenters. The van der Waals surface area contributed by atoms with Crippen LogP contribution >= 0.6 is 11.6 Å². The average Bonchev–Trinajstić information content (AvgIpc) is 2.65. The first-order valence-electron chi connectivity index (χ1n) is 6.13. The van der Waals surface area contributed by atoms with E-state index < -0.39 is 0 Å². The molecule has 2 rings (SSSR count). The molecule has 0 aliphatic heterocycles. The molecule has 1 saturated carbocycles. The van der Waals surface area contributed by atoms with Crippen LogP contribution in [0, 0.1) is 5.41 Å². The van der Waals surface area contributed by atoms with E-state index in [1.807, 2.05) is 18.2 Å². The van der Waals surface area contributed by atoms with Crippen LogP contribution in [0.2, 0.25) is 5.02 Å². The molecule has 0 saturated heterocycles. The molecule has 1 fully saturated rings. The molecule has 88 valence electrons. The molecular weight excluding hydrogens is 218 g/mol. The molecule has 1 aliphatic carbocycles. The van der Waals surface area contributed by atoms with Crippen LogP contribution in [0.3, 0.4) is 0 Å². The van der Waals surface area contributed by atoms with E-state index in [0.717, 1.165) is 18.1 Å². The summed E-state index contributed by atoms with van der Waals surface area (Å²) in [5.41, 5.74) is 1.80. The van der Waals surface area contributed by atoms with Crippen molar-refractivity contribution < 1.29 is 0 Å². The summed E-state index contributed by atoms with van der Waals surface area (Å²) in [5, 5.41) is 4.38. The van der Waals surface area contributed by atoms with Crippen molar-refractivity contribution in [2.24, 2.45) is 5.41 Å². The van der Waals surface area contributed by atoms with Crippen LogP contribution in [-0.4, -0.2) is 6.54 Å². The lowest BCUT2D eigenvalue weighted by Crippen LogP contribution is -2.29. The number of nitrogens with one attached hydrogen (secondary N) is 1. The Morgan fingerprint density at radius 3 is 2.75 bits per heavy atom. The first-order chi connectivity index (χ1) is 7.68. The van der Waals surface area contributed by atoms with Gasteiger partial charge in [-0.15, -0.1) is 0 Å². The van der Waals surface area contributed by atoms with Crippen LogP contribution in [0.1, 0.15) is 38.2 Å². The van der Waals surface area contributed by atoms with Crippen LogP contribution in [-0.2, 0) is 6.54 Å². The summed E-state index contributed by atoms with van der Waals surface area (Å²) in [7, 11) is 0. The quantitative estimate of drug-likeness (QED) is 0.835. The van der Waals surface area contributed by atoms with E-state index in [9.17, 15) is 0 Å². The summed E-state index contributed by atoms with van der Waals surface area (Å²) in [6.07, 6.45) is 5.54. The molecule has 16 heavy (non-hydrogen) atoms. The molecule has 1 nitrogen and oxygen atoms in total. The van der Waals surface area contributed by atoms with Gasteiger partial charge in [0, 0.05) is 18.1 Å². The molecule has 1 aromatic carbocycles. The van der Waals surface area contributed by atoms with Gasteiger partial charge in [0.05, 0.1) is 0 Å². The van der Waals surface area contributed by atoms with E-state index in [4.69, 9.17) is 11.6 Å². The van der Waals surface area contributed by atoms with Crippen LogP contribution < -0.4 is 5.32 Å². The molecule has 0 heterocycles. The molecule has 0 amide bonds. The van der Waals surface area contributed by atoms with Crippen LogP contribution in [0.15, 0.2) is 24.3 Å². The molecule has 2 heteroatoms. The Morgan fingerprint density at radius 2 is 2.06 bits per heavy atom. The number of benzene rings is 1. The Morgan fingerprint density at radius 1 is 1.31 bits per heavy atom. The van der Waals surface area contributed by atoms with Crippen molar-refractivity contribution in [2.75, 3.05) is 6.54 Å². The van der Waals surface area contributed by atoms with Crippen molar-refractivity contribution in [3.8, 4) is 0 Å². The molecule has 1 aromatic rings. The van der Waals surface area contributed by atoms with Gasteiger partial charge in [0.25, 0.3) is 0 Å². The van der Waals surface area contributed by atoms with E-state index in [1.54, 1.807) is 0 Å². The van der Waals surface area contributed by atoms with Gasteiger partial charge in [-0.05, 0) is 36.0 Å². The monoisotopic (exact) mass is 237 g/mol. The third kappa shape index (κ3) is 3.23. The fraction of sp³-hybridized carbons (Fsp3) is 0.571. The highest BCUT2D eigenvalue weighted by Crippen LogP contribution is 2.36. The van der Waals surface area contributed by atoms with Gasteiger partial charge in [-0.3, -0.25) is 0 Å². The van der Waals surface area contributed by atoms with Gasteiger partial charge in [0.2, 0.25) is 0 Å².